The zero-order valence-electron chi connectivity index (χ0n) is 13.4. The lowest BCUT2D eigenvalue weighted by molar-refractivity contribution is -0.139. The van der Waals surface area contributed by atoms with Gasteiger partial charge in [-0.2, -0.15) is 0 Å². The van der Waals surface area contributed by atoms with Crippen LogP contribution in [-0.4, -0.2) is 44.4 Å². The average molecular weight is 326 g/mol. The molecule has 8 nitrogen and oxygen atoms in total. The number of hydrogen-bond acceptors (Lipinski definition) is 6. The molecular weight excluding hydrogens is 304 g/mol. The fourth-order valence-electron chi connectivity index (χ4n) is 2.08. The molecule has 0 aliphatic carbocycles. The van der Waals surface area contributed by atoms with Crippen LogP contribution in [0.5, 0.6) is 17.2 Å². The molecule has 0 saturated heterocycles. The number of carbonyl (C=O) groups is 2. The van der Waals surface area contributed by atoms with Crippen molar-refractivity contribution in [3.63, 3.8) is 0 Å². The van der Waals surface area contributed by atoms with E-state index in [0.29, 0.717) is 17.2 Å². The predicted molar refractivity (Wildman–Crippen MR) is 82.8 cm³/mol. The topological polar surface area (TPSA) is 120 Å². The lowest BCUT2D eigenvalue weighted by Crippen LogP contribution is -2.37. The first-order valence-corrected chi connectivity index (χ1v) is 6.96. The van der Waals surface area contributed by atoms with Gasteiger partial charge in [0.25, 0.3) is 0 Å². The fraction of sp³-hybridized carbons (Fsp3) is 0.467. The Morgan fingerprint density at radius 2 is 1.74 bits per heavy atom. The van der Waals surface area contributed by atoms with Crippen LogP contribution in [0.4, 0.5) is 0 Å². The van der Waals surface area contributed by atoms with Crippen molar-refractivity contribution in [1.82, 2.24) is 5.32 Å². The minimum Gasteiger partial charge on any atom is -0.493 e. The minimum absolute atomic E-state index is 0.000772. The second kappa shape index (κ2) is 8.84. The van der Waals surface area contributed by atoms with Crippen molar-refractivity contribution in [3.05, 3.63) is 17.7 Å². The molecular formula is C15H22N2O6. The molecule has 0 radical (unpaired) electrons. The van der Waals surface area contributed by atoms with Crippen LogP contribution in [0.15, 0.2) is 12.1 Å². The maximum Gasteiger partial charge on any atom is 0.320 e. The summed E-state index contributed by atoms with van der Waals surface area (Å²) in [5.74, 6) is -0.160. The van der Waals surface area contributed by atoms with Gasteiger partial charge in [0.15, 0.2) is 11.5 Å². The van der Waals surface area contributed by atoms with Crippen LogP contribution in [-0.2, 0) is 16.1 Å². The van der Waals surface area contributed by atoms with Crippen LogP contribution < -0.4 is 25.3 Å². The van der Waals surface area contributed by atoms with Crippen LogP contribution in [0, 0.1) is 0 Å². The number of aliphatic carboxylic acids is 1. The monoisotopic (exact) mass is 326 g/mol. The molecule has 0 fully saturated rings. The Balaban J connectivity index is 2.86. The molecule has 1 amide bonds. The van der Waals surface area contributed by atoms with E-state index in [-0.39, 0.29) is 19.4 Å². The zero-order chi connectivity index (χ0) is 17.4. The number of amides is 1. The molecule has 0 aromatic heterocycles. The highest BCUT2D eigenvalue weighted by Crippen LogP contribution is 2.38. The number of nitrogens with two attached hydrogens (primary N) is 1. The Morgan fingerprint density at radius 3 is 2.13 bits per heavy atom. The molecule has 1 aromatic carbocycles. The van der Waals surface area contributed by atoms with Gasteiger partial charge < -0.3 is 30.4 Å². The Labute approximate surface area is 134 Å². The summed E-state index contributed by atoms with van der Waals surface area (Å²) >= 11 is 0. The molecule has 0 spiro atoms. The van der Waals surface area contributed by atoms with Gasteiger partial charge in [-0.15, -0.1) is 0 Å². The van der Waals surface area contributed by atoms with E-state index in [1.165, 1.54) is 21.3 Å². The number of ether oxygens (including phenoxy) is 3. The van der Waals surface area contributed by atoms with Crippen molar-refractivity contribution < 1.29 is 28.9 Å². The van der Waals surface area contributed by atoms with Gasteiger partial charge in [-0.3, -0.25) is 9.59 Å². The molecule has 0 aliphatic heterocycles. The molecule has 128 valence electrons. The molecule has 0 unspecified atom stereocenters. The van der Waals surface area contributed by atoms with Gasteiger partial charge in [0.1, 0.15) is 6.04 Å². The van der Waals surface area contributed by atoms with Crippen molar-refractivity contribution >= 4 is 11.9 Å². The first-order chi connectivity index (χ1) is 10.9. The van der Waals surface area contributed by atoms with Crippen LogP contribution in [0.2, 0.25) is 0 Å². The van der Waals surface area contributed by atoms with E-state index in [1.807, 2.05) is 0 Å². The van der Waals surface area contributed by atoms with E-state index in [1.54, 1.807) is 12.1 Å². The average Bonchev–Trinajstić information content (AvgIpc) is 2.52. The Kier molecular flexibility index (Phi) is 7.14. The molecule has 0 aliphatic rings. The largest absolute Gasteiger partial charge is 0.493 e. The van der Waals surface area contributed by atoms with E-state index in [9.17, 15) is 9.59 Å². The standard InChI is InChI=1S/C15H22N2O6/c1-21-11-6-9(7-12(22-2)14(11)23-3)8-17-10(15(19)20)4-5-13(16)18/h6-7,10,17H,4-5,8H2,1-3H3,(H2,16,18)(H,19,20)/t10-/m0/s1. The summed E-state index contributed by atoms with van der Waals surface area (Å²) in [7, 11) is 4.51. The van der Waals surface area contributed by atoms with Crippen molar-refractivity contribution in [3.8, 4) is 17.2 Å². The van der Waals surface area contributed by atoms with E-state index < -0.39 is 17.9 Å². The van der Waals surface area contributed by atoms with Gasteiger partial charge in [-0.05, 0) is 24.1 Å². The SMILES string of the molecule is COc1cc(CN[C@@H](CCC(N)=O)C(=O)O)cc(OC)c1OC. The first kappa shape index (κ1) is 18.6. The third-order valence-corrected chi connectivity index (χ3v) is 3.25. The third-order valence-electron chi connectivity index (χ3n) is 3.25. The summed E-state index contributed by atoms with van der Waals surface area (Å²) in [6, 6.07) is 2.57. The van der Waals surface area contributed by atoms with Crippen LogP contribution >= 0.6 is 0 Å². The van der Waals surface area contributed by atoms with E-state index in [2.05, 4.69) is 5.32 Å². The molecule has 8 heteroatoms. The number of carbonyl (C=O) groups excluding carboxylic acids is 1. The van der Waals surface area contributed by atoms with Crippen molar-refractivity contribution in [2.24, 2.45) is 5.73 Å². The number of methoxy groups -OCH3 is 3. The van der Waals surface area contributed by atoms with Gasteiger partial charge in [0.05, 0.1) is 21.3 Å². The van der Waals surface area contributed by atoms with Crippen LogP contribution in [0.25, 0.3) is 0 Å². The molecule has 1 aromatic rings. The number of carboxylic acid groups (broad SMARTS) is 1. The van der Waals surface area contributed by atoms with E-state index in [0.717, 1.165) is 5.56 Å². The number of primary amides is 1. The van der Waals surface area contributed by atoms with Gasteiger partial charge in [-0.25, -0.2) is 0 Å². The number of carboxylic acids is 1. The third kappa shape index (κ3) is 5.33. The summed E-state index contributed by atoms with van der Waals surface area (Å²) in [4.78, 5) is 22.0. The van der Waals surface area contributed by atoms with Crippen molar-refractivity contribution in [2.75, 3.05) is 21.3 Å². The highest BCUT2D eigenvalue weighted by atomic mass is 16.5. The summed E-state index contributed by atoms with van der Waals surface area (Å²) in [6.45, 7) is 0.256. The smallest absolute Gasteiger partial charge is 0.320 e. The second-order valence-corrected chi connectivity index (χ2v) is 4.81. The number of rotatable bonds is 10. The highest BCUT2D eigenvalue weighted by Gasteiger charge is 2.19. The number of nitrogens with one attached hydrogen (secondary N) is 1. The fourth-order valence-corrected chi connectivity index (χ4v) is 2.08. The maximum atomic E-state index is 11.2. The second-order valence-electron chi connectivity index (χ2n) is 4.81. The summed E-state index contributed by atoms with van der Waals surface area (Å²) < 4.78 is 15.7. The first-order valence-electron chi connectivity index (χ1n) is 6.96. The normalized spacial score (nSPS) is 11.6. The Bertz CT molecular complexity index is 536. The predicted octanol–water partition coefficient (Wildman–Crippen LogP) is 0.521. The molecule has 0 heterocycles. The van der Waals surface area contributed by atoms with Crippen molar-refractivity contribution in [1.29, 1.82) is 0 Å². The maximum absolute atomic E-state index is 11.2. The summed E-state index contributed by atoms with van der Waals surface area (Å²) in [5.41, 5.74) is 5.80. The van der Waals surface area contributed by atoms with E-state index >= 15 is 0 Å². The van der Waals surface area contributed by atoms with Crippen LogP contribution in [0.3, 0.4) is 0 Å². The summed E-state index contributed by atoms with van der Waals surface area (Å²) in [5, 5.41) is 12.0. The van der Waals surface area contributed by atoms with E-state index in [4.69, 9.17) is 25.1 Å². The summed E-state index contributed by atoms with van der Waals surface area (Å²) in [6.07, 6.45) is 0.119. The number of benzene rings is 1. The van der Waals surface area contributed by atoms with Gasteiger partial charge >= 0.3 is 5.97 Å². The molecule has 0 saturated carbocycles. The molecule has 23 heavy (non-hydrogen) atoms. The van der Waals surface area contributed by atoms with Gasteiger partial charge in [-0.1, -0.05) is 0 Å². The van der Waals surface area contributed by atoms with Crippen molar-refractivity contribution in [2.45, 2.75) is 25.4 Å². The highest BCUT2D eigenvalue weighted by molar-refractivity contribution is 5.77. The zero-order valence-corrected chi connectivity index (χ0v) is 13.4. The molecule has 0 bridgehead atoms. The lowest BCUT2D eigenvalue weighted by atomic mass is 10.1. The molecule has 1 rings (SSSR count). The quantitative estimate of drug-likeness (QED) is 0.573. The minimum atomic E-state index is -1.04. The Morgan fingerprint density at radius 1 is 1.17 bits per heavy atom. The molecule has 4 N–H and O–H groups in total. The lowest BCUT2D eigenvalue weighted by Gasteiger charge is -2.16. The number of hydrogen-bond donors (Lipinski definition) is 3. The van der Waals surface area contributed by atoms with Gasteiger partial charge in [0, 0.05) is 13.0 Å². The molecule has 1 atom stereocenters. The van der Waals surface area contributed by atoms with Gasteiger partial charge in [0.2, 0.25) is 11.7 Å². The Hall–Kier alpha value is -2.48. The van der Waals surface area contributed by atoms with Crippen LogP contribution in [0.1, 0.15) is 18.4 Å².